The number of aromatic nitrogens is 3. The summed E-state index contributed by atoms with van der Waals surface area (Å²) in [5, 5.41) is 6.68. The molecule has 0 aliphatic heterocycles. The molecule has 0 unspecified atom stereocenters. The Morgan fingerprint density at radius 2 is 1.85 bits per heavy atom. The van der Waals surface area contributed by atoms with Crippen LogP contribution in [0, 0.1) is 5.82 Å². The van der Waals surface area contributed by atoms with Crippen LogP contribution in [-0.4, -0.2) is 21.0 Å². The van der Waals surface area contributed by atoms with E-state index in [0.717, 1.165) is 29.9 Å². The lowest BCUT2D eigenvalue weighted by atomic mass is 10.2. The molecule has 2 aromatic heterocycles. The van der Waals surface area contributed by atoms with Gasteiger partial charge in [-0.3, -0.25) is 4.98 Å². The van der Waals surface area contributed by atoms with E-state index in [1.165, 1.54) is 25.0 Å². The third-order valence-electron chi connectivity index (χ3n) is 4.54. The molecule has 2 heterocycles. The van der Waals surface area contributed by atoms with Gasteiger partial charge < -0.3 is 10.6 Å². The zero-order chi connectivity index (χ0) is 18.6. The maximum Gasteiger partial charge on any atom is 0.225 e. The first kappa shape index (κ1) is 17.9. The summed E-state index contributed by atoms with van der Waals surface area (Å²) in [4.78, 5) is 13.6. The van der Waals surface area contributed by atoms with Gasteiger partial charge in [0.1, 0.15) is 11.6 Å². The van der Waals surface area contributed by atoms with Crippen LogP contribution in [0.3, 0.4) is 0 Å². The van der Waals surface area contributed by atoms with Crippen LogP contribution in [0.25, 0.3) is 11.4 Å². The van der Waals surface area contributed by atoms with Crippen LogP contribution in [0.15, 0.2) is 53.1 Å². The predicted octanol–water partition coefficient (Wildman–Crippen LogP) is 5.54. The zero-order valence-corrected chi connectivity index (χ0v) is 16.2. The van der Waals surface area contributed by atoms with Crippen LogP contribution in [-0.2, 0) is 0 Å². The largest absolute Gasteiger partial charge is 0.351 e. The maximum absolute atomic E-state index is 13.4. The molecule has 0 atom stereocenters. The van der Waals surface area contributed by atoms with Crippen molar-refractivity contribution in [2.24, 2.45) is 0 Å². The van der Waals surface area contributed by atoms with E-state index in [-0.39, 0.29) is 5.82 Å². The Kier molecular flexibility index (Phi) is 5.29. The van der Waals surface area contributed by atoms with E-state index in [2.05, 4.69) is 41.5 Å². The Morgan fingerprint density at radius 1 is 1.00 bits per heavy atom. The minimum absolute atomic E-state index is 0.298. The smallest absolute Gasteiger partial charge is 0.225 e. The highest BCUT2D eigenvalue weighted by Crippen LogP contribution is 2.29. The van der Waals surface area contributed by atoms with Gasteiger partial charge in [0.25, 0.3) is 0 Å². The number of halogens is 2. The molecule has 5 nitrogen and oxygen atoms in total. The van der Waals surface area contributed by atoms with Crippen molar-refractivity contribution in [2.45, 2.75) is 31.7 Å². The van der Waals surface area contributed by atoms with Crippen molar-refractivity contribution in [3.05, 3.63) is 59.0 Å². The third kappa shape index (κ3) is 4.42. The lowest BCUT2D eigenvalue weighted by Gasteiger charge is -2.15. The number of hydrogen-bond donors (Lipinski definition) is 2. The fraction of sp³-hybridized carbons (Fsp3) is 0.250. The molecular formula is C20H19BrFN5. The molecule has 7 heteroatoms. The van der Waals surface area contributed by atoms with Gasteiger partial charge in [0.15, 0.2) is 0 Å². The van der Waals surface area contributed by atoms with Gasteiger partial charge in [0.2, 0.25) is 5.95 Å². The van der Waals surface area contributed by atoms with Gasteiger partial charge in [-0.05, 0) is 59.1 Å². The second kappa shape index (κ2) is 8.00. The molecule has 3 aromatic rings. The number of pyridine rings is 1. The summed E-state index contributed by atoms with van der Waals surface area (Å²) < 4.78 is 14.0. The van der Waals surface area contributed by atoms with Crippen LogP contribution in [0.2, 0.25) is 0 Å². The summed E-state index contributed by atoms with van der Waals surface area (Å²) >= 11 is 3.38. The van der Waals surface area contributed by atoms with Crippen molar-refractivity contribution in [3.8, 4) is 11.4 Å². The van der Waals surface area contributed by atoms with Crippen molar-refractivity contribution in [3.63, 3.8) is 0 Å². The monoisotopic (exact) mass is 427 g/mol. The van der Waals surface area contributed by atoms with Gasteiger partial charge in [-0.15, -0.1) is 0 Å². The number of nitrogens with one attached hydrogen (secondary N) is 2. The van der Waals surface area contributed by atoms with E-state index in [4.69, 9.17) is 0 Å². The van der Waals surface area contributed by atoms with Crippen LogP contribution < -0.4 is 10.6 Å². The van der Waals surface area contributed by atoms with Gasteiger partial charge in [-0.1, -0.05) is 18.9 Å². The van der Waals surface area contributed by atoms with E-state index in [1.807, 2.05) is 24.3 Å². The van der Waals surface area contributed by atoms with Gasteiger partial charge in [-0.25, -0.2) is 9.37 Å². The third-order valence-corrected chi connectivity index (χ3v) is 5.19. The van der Waals surface area contributed by atoms with Gasteiger partial charge in [0, 0.05) is 22.8 Å². The Balaban J connectivity index is 1.68. The topological polar surface area (TPSA) is 62.7 Å². The molecule has 1 fully saturated rings. The number of nitrogens with zero attached hydrogens (tertiary/aromatic N) is 3. The van der Waals surface area contributed by atoms with Crippen LogP contribution >= 0.6 is 15.9 Å². The van der Waals surface area contributed by atoms with E-state index in [1.54, 1.807) is 12.3 Å². The highest BCUT2D eigenvalue weighted by molar-refractivity contribution is 9.10. The molecule has 1 saturated carbocycles. The average molecular weight is 428 g/mol. The molecular weight excluding hydrogens is 409 g/mol. The number of benzene rings is 1. The normalized spacial score (nSPS) is 14.3. The fourth-order valence-electron chi connectivity index (χ4n) is 3.20. The summed E-state index contributed by atoms with van der Waals surface area (Å²) in [7, 11) is 0. The maximum atomic E-state index is 13.4. The Labute approximate surface area is 165 Å². The number of hydrogen-bond acceptors (Lipinski definition) is 5. The fourth-order valence-corrected chi connectivity index (χ4v) is 3.65. The van der Waals surface area contributed by atoms with E-state index in [0.29, 0.717) is 22.3 Å². The Morgan fingerprint density at radius 3 is 2.59 bits per heavy atom. The Hall–Kier alpha value is -2.54. The SMILES string of the molecule is Fc1ccc(Nc2cc(-c3ccccn3)nc(NC3CCCC3)n2)c(Br)c1. The zero-order valence-electron chi connectivity index (χ0n) is 14.6. The molecule has 2 N–H and O–H groups in total. The lowest BCUT2D eigenvalue weighted by molar-refractivity contribution is 0.627. The predicted molar refractivity (Wildman–Crippen MR) is 109 cm³/mol. The van der Waals surface area contributed by atoms with Crippen molar-refractivity contribution < 1.29 is 4.39 Å². The standard InChI is InChI=1S/C20H19BrFN5/c21-15-11-13(22)8-9-16(15)25-19-12-18(17-7-3-4-10-23-17)26-20(27-19)24-14-5-1-2-6-14/h3-4,7-12,14H,1-2,5-6H2,(H2,24,25,26,27). The second-order valence-electron chi connectivity index (χ2n) is 6.55. The van der Waals surface area contributed by atoms with E-state index in [9.17, 15) is 4.39 Å². The second-order valence-corrected chi connectivity index (χ2v) is 7.41. The van der Waals surface area contributed by atoms with Gasteiger partial charge >= 0.3 is 0 Å². The number of anilines is 3. The summed E-state index contributed by atoms with van der Waals surface area (Å²) in [6.45, 7) is 0. The van der Waals surface area contributed by atoms with Crippen LogP contribution in [0.1, 0.15) is 25.7 Å². The summed E-state index contributed by atoms with van der Waals surface area (Å²) in [5.74, 6) is 0.900. The van der Waals surface area contributed by atoms with Crippen molar-refractivity contribution >= 4 is 33.4 Å². The quantitative estimate of drug-likeness (QED) is 0.559. The average Bonchev–Trinajstić information content (AvgIpc) is 3.18. The van der Waals surface area contributed by atoms with Crippen LogP contribution in [0.5, 0.6) is 0 Å². The molecule has 1 aliphatic carbocycles. The van der Waals surface area contributed by atoms with Crippen molar-refractivity contribution in [1.82, 2.24) is 15.0 Å². The molecule has 138 valence electrons. The first-order valence-corrected chi connectivity index (χ1v) is 9.76. The minimum atomic E-state index is -0.298. The molecule has 27 heavy (non-hydrogen) atoms. The van der Waals surface area contributed by atoms with Crippen LogP contribution in [0.4, 0.5) is 21.8 Å². The molecule has 0 amide bonds. The minimum Gasteiger partial charge on any atom is -0.351 e. The molecule has 1 aromatic carbocycles. The number of rotatable bonds is 5. The van der Waals surface area contributed by atoms with Crippen molar-refractivity contribution in [2.75, 3.05) is 10.6 Å². The molecule has 1 aliphatic rings. The summed E-state index contributed by atoms with van der Waals surface area (Å²) in [6.07, 6.45) is 6.45. The van der Waals surface area contributed by atoms with Gasteiger partial charge in [0.05, 0.1) is 17.1 Å². The summed E-state index contributed by atoms with van der Waals surface area (Å²) in [6, 6.07) is 12.5. The highest BCUT2D eigenvalue weighted by atomic mass is 79.9. The molecule has 0 radical (unpaired) electrons. The van der Waals surface area contributed by atoms with E-state index >= 15 is 0 Å². The first-order valence-electron chi connectivity index (χ1n) is 8.96. The summed E-state index contributed by atoms with van der Waals surface area (Å²) in [5.41, 5.74) is 2.23. The van der Waals surface area contributed by atoms with Crippen molar-refractivity contribution in [1.29, 1.82) is 0 Å². The lowest BCUT2D eigenvalue weighted by Crippen LogP contribution is -2.17. The highest BCUT2D eigenvalue weighted by Gasteiger charge is 2.17. The molecule has 0 saturated heterocycles. The van der Waals surface area contributed by atoms with E-state index < -0.39 is 0 Å². The van der Waals surface area contributed by atoms with Gasteiger partial charge in [-0.2, -0.15) is 4.98 Å². The first-order chi connectivity index (χ1) is 13.2. The molecule has 0 bridgehead atoms. The molecule has 0 spiro atoms. The molecule has 4 rings (SSSR count). The Bertz CT molecular complexity index is 929.